The largest absolute Gasteiger partial charge is 0.381 e. The van der Waals surface area contributed by atoms with E-state index < -0.39 is 0 Å². The molecule has 0 amide bonds. The maximum atomic E-state index is 12.5. The van der Waals surface area contributed by atoms with Crippen molar-refractivity contribution in [2.24, 2.45) is 5.92 Å². The SMILES string of the molecule is CC(C)CN1CCC[C@@H]1CNc1cnn(-c2ccccc2)c(=O)c1Cl. The van der Waals surface area contributed by atoms with Gasteiger partial charge in [0, 0.05) is 19.1 Å². The predicted octanol–water partition coefficient (Wildman–Crippen LogP) is 3.42. The summed E-state index contributed by atoms with van der Waals surface area (Å²) in [5.41, 5.74) is 1.01. The zero-order valence-electron chi connectivity index (χ0n) is 14.8. The quantitative estimate of drug-likeness (QED) is 0.857. The first kappa shape index (κ1) is 18.0. The first-order valence-electron chi connectivity index (χ1n) is 8.87. The molecule has 1 fully saturated rings. The van der Waals surface area contributed by atoms with Gasteiger partial charge in [0.25, 0.3) is 5.56 Å². The summed E-state index contributed by atoms with van der Waals surface area (Å²) in [4.78, 5) is 15.0. The molecule has 134 valence electrons. The van der Waals surface area contributed by atoms with E-state index in [-0.39, 0.29) is 10.6 Å². The molecule has 25 heavy (non-hydrogen) atoms. The highest BCUT2D eigenvalue weighted by Gasteiger charge is 2.25. The van der Waals surface area contributed by atoms with E-state index in [0.717, 1.165) is 19.6 Å². The lowest BCUT2D eigenvalue weighted by molar-refractivity contribution is 0.234. The van der Waals surface area contributed by atoms with Crippen molar-refractivity contribution in [1.82, 2.24) is 14.7 Å². The minimum absolute atomic E-state index is 0.187. The van der Waals surface area contributed by atoms with Gasteiger partial charge in [0.1, 0.15) is 5.02 Å². The van der Waals surface area contributed by atoms with Gasteiger partial charge >= 0.3 is 0 Å². The lowest BCUT2D eigenvalue weighted by Crippen LogP contribution is -2.37. The van der Waals surface area contributed by atoms with Gasteiger partial charge < -0.3 is 5.32 Å². The molecule has 0 aliphatic carbocycles. The van der Waals surface area contributed by atoms with Gasteiger partial charge in [-0.15, -0.1) is 0 Å². The maximum Gasteiger partial charge on any atom is 0.292 e. The summed E-state index contributed by atoms with van der Waals surface area (Å²) >= 11 is 6.31. The standard InChI is InChI=1S/C19H25ClN4O/c1-14(2)13-23-10-6-9-16(23)11-21-17-12-22-24(19(25)18(17)20)15-7-4-3-5-8-15/h3-5,7-8,12,14,16,21H,6,9-11,13H2,1-2H3/t16-/m1/s1. The fourth-order valence-electron chi connectivity index (χ4n) is 3.37. The van der Waals surface area contributed by atoms with Crippen molar-refractivity contribution in [2.45, 2.75) is 32.7 Å². The number of nitrogens with zero attached hydrogens (tertiary/aromatic N) is 3. The fraction of sp³-hybridized carbons (Fsp3) is 0.474. The molecule has 0 radical (unpaired) electrons. The molecule has 1 atom stereocenters. The van der Waals surface area contributed by atoms with Crippen molar-refractivity contribution in [3.05, 3.63) is 51.9 Å². The highest BCUT2D eigenvalue weighted by Crippen LogP contribution is 2.21. The fourth-order valence-corrected chi connectivity index (χ4v) is 3.57. The van der Waals surface area contributed by atoms with Gasteiger partial charge in [0.2, 0.25) is 0 Å². The second-order valence-corrected chi connectivity index (χ2v) is 7.37. The number of likely N-dealkylation sites (tertiary alicyclic amines) is 1. The summed E-state index contributed by atoms with van der Waals surface area (Å²) in [7, 11) is 0. The third-order valence-corrected chi connectivity index (χ3v) is 4.91. The van der Waals surface area contributed by atoms with Crippen LogP contribution < -0.4 is 10.9 Å². The molecule has 2 aromatic rings. The van der Waals surface area contributed by atoms with Gasteiger partial charge in [-0.25, -0.2) is 0 Å². The van der Waals surface area contributed by atoms with E-state index in [1.54, 1.807) is 6.20 Å². The first-order valence-corrected chi connectivity index (χ1v) is 9.25. The number of halogens is 1. The Morgan fingerprint density at radius 2 is 2.08 bits per heavy atom. The number of benzene rings is 1. The van der Waals surface area contributed by atoms with Crippen molar-refractivity contribution in [3.63, 3.8) is 0 Å². The van der Waals surface area contributed by atoms with Crippen LogP contribution in [-0.2, 0) is 0 Å². The molecule has 0 unspecified atom stereocenters. The molecule has 1 saturated heterocycles. The Hall–Kier alpha value is -1.85. The summed E-state index contributed by atoms with van der Waals surface area (Å²) in [6, 6.07) is 9.78. The van der Waals surface area contributed by atoms with Crippen molar-refractivity contribution >= 4 is 17.3 Å². The predicted molar refractivity (Wildman–Crippen MR) is 103 cm³/mol. The van der Waals surface area contributed by atoms with Gasteiger partial charge in [0.15, 0.2) is 0 Å². The van der Waals surface area contributed by atoms with Crippen LogP contribution in [0.2, 0.25) is 5.02 Å². The lowest BCUT2D eigenvalue weighted by Gasteiger charge is -2.26. The number of anilines is 1. The molecule has 1 aliphatic rings. The highest BCUT2D eigenvalue weighted by molar-refractivity contribution is 6.32. The molecular weight excluding hydrogens is 336 g/mol. The van der Waals surface area contributed by atoms with E-state index in [2.05, 4.69) is 29.2 Å². The van der Waals surface area contributed by atoms with E-state index in [1.807, 2.05) is 30.3 Å². The van der Waals surface area contributed by atoms with Crippen LogP contribution >= 0.6 is 11.6 Å². The summed E-state index contributed by atoms with van der Waals surface area (Å²) in [6.07, 6.45) is 4.03. The summed E-state index contributed by atoms with van der Waals surface area (Å²) < 4.78 is 1.33. The molecule has 1 aromatic carbocycles. The smallest absolute Gasteiger partial charge is 0.292 e. The number of hydrogen-bond acceptors (Lipinski definition) is 4. The Morgan fingerprint density at radius 3 is 2.80 bits per heavy atom. The average molecular weight is 361 g/mol. The van der Waals surface area contributed by atoms with E-state index in [1.165, 1.54) is 17.5 Å². The molecule has 6 heteroatoms. The van der Waals surface area contributed by atoms with E-state index in [0.29, 0.717) is 23.3 Å². The zero-order chi connectivity index (χ0) is 17.8. The minimum Gasteiger partial charge on any atom is -0.381 e. The van der Waals surface area contributed by atoms with Gasteiger partial charge in [-0.1, -0.05) is 43.6 Å². The Balaban J connectivity index is 1.72. The normalized spacial score (nSPS) is 18.0. The Kier molecular flexibility index (Phi) is 5.76. The summed E-state index contributed by atoms with van der Waals surface area (Å²) in [6.45, 7) is 7.52. The van der Waals surface area contributed by atoms with E-state index >= 15 is 0 Å². The van der Waals surface area contributed by atoms with Crippen LogP contribution in [0.3, 0.4) is 0 Å². The number of nitrogens with one attached hydrogen (secondary N) is 1. The molecule has 2 heterocycles. The topological polar surface area (TPSA) is 50.2 Å². The summed E-state index contributed by atoms with van der Waals surface area (Å²) in [5.74, 6) is 0.653. The molecular formula is C19H25ClN4O. The van der Waals surface area contributed by atoms with Gasteiger partial charge in [-0.05, 0) is 37.4 Å². The number of aromatic nitrogens is 2. The van der Waals surface area contributed by atoms with Gasteiger partial charge in [-0.3, -0.25) is 9.69 Å². The van der Waals surface area contributed by atoms with Crippen LogP contribution in [0.15, 0.2) is 41.3 Å². The van der Waals surface area contributed by atoms with Crippen LogP contribution in [-0.4, -0.2) is 40.4 Å². The Bertz CT molecular complexity index is 760. The molecule has 1 aromatic heterocycles. The van der Waals surface area contributed by atoms with Crippen molar-refractivity contribution in [3.8, 4) is 5.69 Å². The van der Waals surface area contributed by atoms with Crippen LogP contribution in [0.1, 0.15) is 26.7 Å². The van der Waals surface area contributed by atoms with Gasteiger partial charge in [0.05, 0.1) is 17.6 Å². The molecule has 3 rings (SSSR count). The monoisotopic (exact) mass is 360 g/mol. The van der Waals surface area contributed by atoms with E-state index in [4.69, 9.17) is 11.6 Å². The van der Waals surface area contributed by atoms with Crippen molar-refractivity contribution < 1.29 is 0 Å². The minimum atomic E-state index is -0.302. The van der Waals surface area contributed by atoms with Gasteiger partial charge in [-0.2, -0.15) is 9.78 Å². The molecule has 1 N–H and O–H groups in total. The zero-order valence-corrected chi connectivity index (χ0v) is 15.5. The van der Waals surface area contributed by atoms with Crippen LogP contribution in [0.25, 0.3) is 5.69 Å². The first-order chi connectivity index (χ1) is 12.1. The average Bonchev–Trinajstić information content (AvgIpc) is 3.03. The number of rotatable bonds is 6. The second-order valence-electron chi connectivity index (χ2n) is 6.99. The highest BCUT2D eigenvalue weighted by atomic mass is 35.5. The molecule has 0 spiro atoms. The number of hydrogen-bond donors (Lipinski definition) is 1. The molecule has 0 saturated carbocycles. The number of para-hydroxylation sites is 1. The van der Waals surface area contributed by atoms with Crippen LogP contribution in [0, 0.1) is 5.92 Å². The van der Waals surface area contributed by atoms with Crippen molar-refractivity contribution in [2.75, 3.05) is 25.0 Å². The third-order valence-electron chi connectivity index (χ3n) is 4.55. The maximum absolute atomic E-state index is 12.5. The Morgan fingerprint density at radius 1 is 1.32 bits per heavy atom. The second kappa shape index (κ2) is 8.02. The van der Waals surface area contributed by atoms with Crippen LogP contribution in [0.4, 0.5) is 5.69 Å². The molecule has 5 nitrogen and oxygen atoms in total. The van der Waals surface area contributed by atoms with Crippen molar-refractivity contribution in [1.29, 1.82) is 0 Å². The third kappa shape index (κ3) is 4.22. The van der Waals surface area contributed by atoms with Crippen LogP contribution in [0.5, 0.6) is 0 Å². The van der Waals surface area contributed by atoms with E-state index in [9.17, 15) is 4.79 Å². The Labute approximate surface area is 153 Å². The lowest BCUT2D eigenvalue weighted by atomic mass is 10.1. The summed E-state index contributed by atoms with van der Waals surface area (Å²) in [5, 5.41) is 7.78. The molecule has 1 aliphatic heterocycles. The molecule has 0 bridgehead atoms.